The molecular weight excluding hydrogens is 264 g/mol. The number of anilines is 1. The van der Waals surface area contributed by atoms with E-state index in [1.165, 1.54) is 5.56 Å². The fourth-order valence-electron chi connectivity index (χ4n) is 1.55. The Labute approximate surface area is 104 Å². The number of hydrogen-bond acceptors (Lipinski definition) is 2. The molecule has 0 bridgehead atoms. The van der Waals surface area contributed by atoms with E-state index in [4.69, 9.17) is 0 Å². The Balaban J connectivity index is 2.14. The average Bonchev–Trinajstić information content (AvgIpc) is 2.33. The highest BCUT2D eigenvalue weighted by Gasteiger charge is 2.06. The van der Waals surface area contributed by atoms with Gasteiger partial charge in [-0.15, -0.1) is 0 Å². The second kappa shape index (κ2) is 5.12. The first-order chi connectivity index (χ1) is 7.77. The van der Waals surface area contributed by atoms with Crippen molar-refractivity contribution >= 4 is 21.6 Å². The SMILES string of the molecule is CC(Nc1cccnc1Br)c1ccccc1. The van der Waals surface area contributed by atoms with E-state index in [2.05, 4.69) is 45.3 Å². The number of pyridine rings is 1. The van der Waals surface area contributed by atoms with Gasteiger partial charge in [-0.25, -0.2) is 4.98 Å². The van der Waals surface area contributed by atoms with Gasteiger partial charge in [-0.1, -0.05) is 30.3 Å². The number of rotatable bonds is 3. The van der Waals surface area contributed by atoms with Crippen molar-refractivity contribution < 1.29 is 0 Å². The van der Waals surface area contributed by atoms with Gasteiger partial charge in [0.1, 0.15) is 4.60 Å². The average molecular weight is 277 g/mol. The highest BCUT2D eigenvalue weighted by molar-refractivity contribution is 9.10. The van der Waals surface area contributed by atoms with Gasteiger partial charge < -0.3 is 5.32 Å². The molecule has 0 spiro atoms. The van der Waals surface area contributed by atoms with Crippen molar-refractivity contribution in [3.05, 3.63) is 58.8 Å². The van der Waals surface area contributed by atoms with Crippen LogP contribution in [-0.4, -0.2) is 4.98 Å². The van der Waals surface area contributed by atoms with Crippen molar-refractivity contribution in [3.63, 3.8) is 0 Å². The lowest BCUT2D eigenvalue weighted by Gasteiger charge is -2.16. The summed E-state index contributed by atoms with van der Waals surface area (Å²) in [6.07, 6.45) is 1.77. The van der Waals surface area contributed by atoms with Gasteiger partial charge in [-0.05, 0) is 40.5 Å². The zero-order valence-corrected chi connectivity index (χ0v) is 10.6. The molecule has 1 atom stereocenters. The van der Waals surface area contributed by atoms with Crippen LogP contribution in [0, 0.1) is 0 Å². The molecular formula is C13H13BrN2. The standard InChI is InChI=1S/C13H13BrN2/c1-10(11-6-3-2-4-7-11)16-12-8-5-9-15-13(12)14/h2-10,16H,1H3. The predicted octanol–water partition coefficient (Wildman–Crippen LogP) is 4.02. The number of aromatic nitrogens is 1. The summed E-state index contributed by atoms with van der Waals surface area (Å²) in [6.45, 7) is 2.13. The van der Waals surface area contributed by atoms with E-state index in [0.717, 1.165) is 10.3 Å². The largest absolute Gasteiger partial charge is 0.376 e. The molecule has 1 unspecified atom stereocenters. The summed E-state index contributed by atoms with van der Waals surface area (Å²) >= 11 is 3.42. The van der Waals surface area contributed by atoms with Gasteiger partial charge in [0.25, 0.3) is 0 Å². The van der Waals surface area contributed by atoms with Crippen LogP contribution in [0.2, 0.25) is 0 Å². The minimum Gasteiger partial charge on any atom is -0.376 e. The Kier molecular flexibility index (Phi) is 3.57. The first-order valence-corrected chi connectivity index (χ1v) is 5.98. The molecule has 2 aromatic rings. The van der Waals surface area contributed by atoms with Crippen LogP contribution in [0.4, 0.5) is 5.69 Å². The lowest BCUT2D eigenvalue weighted by atomic mass is 10.1. The van der Waals surface area contributed by atoms with Crippen LogP contribution in [0.1, 0.15) is 18.5 Å². The number of benzene rings is 1. The van der Waals surface area contributed by atoms with Gasteiger partial charge in [-0.3, -0.25) is 0 Å². The minimum atomic E-state index is 0.265. The summed E-state index contributed by atoms with van der Waals surface area (Å²) in [6, 6.07) is 14.5. The summed E-state index contributed by atoms with van der Waals surface area (Å²) < 4.78 is 0.845. The Morgan fingerprint density at radius 2 is 1.88 bits per heavy atom. The van der Waals surface area contributed by atoms with Crippen molar-refractivity contribution in [1.29, 1.82) is 0 Å². The first-order valence-electron chi connectivity index (χ1n) is 5.19. The van der Waals surface area contributed by atoms with Gasteiger partial charge in [-0.2, -0.15) is 0 Å². The van der Waals surface area contributed by atoms with Crippen LogP contribution >= 0.6 is 15.9 Å². The van der Waals surface area contributed by atoms with Crippen LogP contribution in [0.5, 0.6) is 0 Å². The number of nitrogens with zero attached hydrogens (tertiary/aromatic N) is 1. The zero-order valence-electron chi connectivity index (χ0n) is 9.02. The van der Waals surface area contributed by atoms with E-state index in [1.54, 1.807) is 6.20 Å². The van der Waals surface area contributed by atoms with Crippen LogP contribution in [0.15, 0.2) is 53.3 Å². The third-order valence-corrected chi connectivity index (χ3v) is 3.06. The third-order valence-electron chi connectivity index (χ3n) is 2.43. The normalized spacial score (nSPS) is 12.1. The molecule has 0 aliphatic rings. The van der Waals surface area contributed by atoms with E-state index < -0.39 is 0 Å². The van der Waals surface area contributed by atoms with Crippen LogP contribution in [-0.2, 0) is 0 Å². The van der Waals surface area contributed by atoms with Crippen molar-refractivity contribution in [2.75, 3.05) is 5.32 Å². The van der Waals surface area contributed by atoms with E-state index in [9.17, 15) is 0 Å². The quantitative estimate of drug-likeness (QED) is 0.857. The molecule has 0 radical (unpaired) electrons. The van der Waals surface area contributed by atoms with Gasteiger partial charge in [0.05, 0.1) is 5.69 Å². The Morgan fingerprint density at radius 3 is 2.56 bits per heavy atom. The van der Waals surface area contributed by atoms with E-state index in [0.29, 0.717) is 0 Å². The number of hydrogen-bond donors (Lipinski definition) is 1. The summed E-state index contributed by atoms with van der Waals surface area (Å²) in [5.41, 5.74) is 2.28. The smallest absolute Gasteiger partial charge is 0.129 e. The molecule has 2 rings (SSSR count). The molecule has 1 heterocycles. The number of halogens is 1. The molecule has 2 nitrogen and oxygen atoms in total. The molecule has 82 valence electrons. The van der Waals surface area contributed by atoms with Gasteiger partial charge >= 0.3 is 0 Å². The van der Waals surface area contributed by atoms with Crippen molar-refractivity contribution in [3.8, 4) is 0 Å². The summed E-state index contributed by atoms with van der Waals surface area (Å²) in [5, 5.41) is 3.42. The highest BCUT2D eigenvalue weighted by atomic mass is 79.9. The maximum absolute atomic E-state index is 4.18. The molecule has 0 amide bonds. The zero-order chi connectivity index (χ0) is 11.4. The van der Waals surface area contributed by atoms with E-state index >= 15 is 0 Å². The topological polar surface area (TPSA) is 24.9 Å². The Morgan fingerprint density at radius 1 is 1.12 bits per heavy atom. The van der Waals surface area contributed by atoms with Crippen molar-refractivity contribution in [1.82, 2.24) is 4.98 Å². The molecule has 1 aromatic heterocycles. The molecule has 0 saturated carbocycles. The van der Waals surface area contributed by atoms with Crippen LogP contribution in [0.3, 0.4) is 0 Å². The van der Waals surface area contributed by atoms with Gasteiger partial charge in [0.2, 0.25) is 0 Å². The lowest BCUT2D eigenvalue weighted by Crippen LogP contribution is -2.07. The maximum Gasteiger partial charge on any atom is 0.129 e. The molecule has 1 N–H and O–H groups in total. The monoisotopic (exact) mass is 276 g/mol. The van der Waals surface area contributed by atoms with Crippen molar-refractivity contribution in [2.45, 2.75) is 13.0 Å². The predicted molar refractivity (Wildman–Crippen MR) is 70.4 cm³/mol. The van der Waals surface area contributed by atoms with Crippen LogP contribution in [0.25, 0.3) is 0 Å². The lowest BCUT2D eigenvalue weighted by molar-refractivity contribution is 0.881. The molecule has 1 aromatic carbocycles. The highest BCUT2D eigenvalue weighted by Crippen LogP contribution is 2.24. The fourth-order valence-corrected chi connectivity index (χ4v) is 1.92. The van der Waals surface area contributed by atoms with E-state index in [1.807, 2.05) is 30.3 Å². The second-order valence-electron chi connectivity index (χ2n) is 3.62. The molecule has 16 heavy (non-hydrogen) atoms. The van der Waals surface area contributed by atoms with E-state index in [-0.39, 0.29) is 6.04 Å². The van der Waals surface area contributed by atoms with Crippen molar-refractivity contribution in [2.24, 2.45) is 0 Å². The Bertz CT molecular complexity index is 456. The second-order valence-corrected chi connectivity index (χ2v) is 4.37. The van der Waals surface area contributed by atoms with Crippen LogP contribution < -0.4 is 5.32 Å². The summed E-state index contributed by atoms with van der Waals surface area (Å²) in [7, 11) is 0. The molecule has 0 saturated heterocycles. The van der Waals surface area contributed by atoms with Gasteiger partial charge in [0.15, 0.2) is 0 Å². The fraction of sp³-hybridized carbons (Fsp3) is 0.154. The summed E-state index contributed by atoms with van der Waals surface area (Å²) in [4.78, 5) is 4.18. The molecule has 0 aliphatic heterocycles. The Hall–Kier alpha value is -1.35. The summed E-state index contributed by atoms with van der Waals surface area (Å²) in [5.74, 6) is 0. The molecule has 0 aliphatic carbocycles. The minimum absolute atomic E-state index is 0.265. The van der Waals surface area contributed by atoms with Gasteiger partial charge in [0, 0.05) is 12.2 Å². The first kappa shape index (κ1) is 11.1. The third kappa shape index (κ3) is 2.61. The maximum atomic E-state index is 4.18. The number of nitrogens with one attached hydrogen (secondary N) is 1. The molecule has 3 heteroatoms. The molecule has 0 fully saturated rings.